The summed E-state index contributed by atoms with van der Waals surface area (Å²) in [5.74, 6) is 1.55. The van der Waals surface area contributed by atoms with E-state index in [0.717, 1.165) is 74.3 Å². The molecule has 0 radical (unpaired) electrons. The van der Waals surface area contributed by atoms with Crippen molar-refractivity contribution in [1.82, 2.24) is 19.7 Å². The number of rotatable bonds is 3. The van der Waals surface area contributed by atoms with Crippen molar-refractivity contribution in [3.8, 4) is 0 Å². The highest BCUT2D eigenvalue weighted by molar-refractivity contribution is 7.17. The molecule has 5 rings (SSSR count). The molecule has 1 aliphatic carbocycles. The van der Waals surface area contributed by atoms with Crippen LogP contribution in [0.3, 0.4) is 0 Å². The third-order valence-corrected chi connectivity index (χ3v) is 6.49. The van der Waals surface area contributed by atoms with Gasteiger partial charge in [-0.15, -0.1) is 11.3 Å². The van der Waals surface area contributed by atoms with Gasteiger partial charge in [0.25, 0.3) is 5.56 Å². The van der Waals surface area contributed by atoms with E-state index in [-0.39, 0.29) is 5.56 Å². The van der Waals surface area contributed by atoms with Gasteiger partial charge in [-0.3, -0.25) is 4.79 Å². The van der Waals surface area contributed by atoms with Gasteiger partial charge < -0.3 is 4.90 Å². The maximum absolute atomic E-state index is 12.3. The van der Waals surface area contributed by atoms with Crippen LogP contribution in [0.25, 0.3) is 10.2 Å². The van der Waals surface area contributed by atoms with Gasteiger partial charge in [-0.25, -0.2) is 14.6 Å². The Balaban J connectivity index is 1.29. The number of hydrogen-bond acceptors (Lipinski definition) is 6. The van der Waals surface area contributed by atoms with Crippen molar-refractivity contribution in [3.05, 3.63) is 45.5 Å². The minimum absolute atomic E-state index is 0.0594. The molecule has 134 valence electrons. The van der Waals surface area contributed by atoms with E-state index in [1.54, 1.807) is 28.4 Å². The maximum Gasteiger partial charge on any atom is 0.267 e. The van der Waals surface area contributed by atoms with Crippen molar-refractivity contribution in [1.29, 1.82) is 0 Å². The van der Waals surface area contributed by atoms with Crippen LogP contribution < -0.4 is 10.5 Å². The molecule has 0 saturated carbocycles. The second-order valence-corrected chi connectivity index (χ2v) is 8.17. The van der Waals surface area contributed by atoms with Gasteiger partial charge in [0.2, 0.25) is 0 Å². The summed E-state index contributed by atoms with van der Waals surface area (Å²) in [6, 6.07) is 3.85. The Hall–Kier alpha value is -2.28. The van der Waals surface area contributed by atoms with E-state index >= 15 is 0 Å². The van der Waals surface area contributed by atoms with Crippen molar-refractivity contribution in [2.75, 3.05) is 18.0 Å². The molecule has 0 unspecified atom stereocenters. The Bertz CT molecular complexity index is 1000. The standard InChI is InChI=1S/C19H21N5OS/c25-17-10-14-2-1-3-15(14)22-24(17)11-13-4-7-23(8-5-13)19-18-16(6-9-26-18)20-12-21-19/h6,9-10,12-13H,1-5,7-8,11H2. The fraction of sp³-hybridized carbons (Fsp3) is 0.474. The zero-order valence-corrected chi connectivity index (χ0v) is 15.4. The van der Waals surface area contributed by atoms with Gasteiger partial charge in [-0.2, -0.15) is 5.10 Å². The number of hydrogen-bond donors (Lipinski definition) is 0. The van der Waals surface area contributed by atoms with Gasteiger partial charge in [0.1, 0.15) is 12.1 Å². The van der Waals surface area contributed by atoms with E-state index in [0.29, 0.717) is 5.92 Å². The molecule has 26 heavy (non-hydrogen) atoms. The Morgan fingerprint density at radius 3 is 2.96 bits per heavy atom. The molecular formula is C19H21N5OS. The quantitative estimate of drug-likeness (QED) is 0.712. The molecule has 0 atom stereocenters. The summed E-state index contributed by atoms with van der Waals surface area (Å²) < 4.78 is 2.87. The highest BCUT2D eigenvalue weighted by Crippen LogP contribution is 2.31. The predicted molar refractivity (Wildman–Crippen MR) is 103 cm³/mol. The van der Waals surface area contributed by atoms with Crippen molar-refractivity contribution >= 4 is 27.4 Å². The van der Waals surface area contributed by atoms with Gasteiger partial charge in [0.05, 0.1) is 15.9 Å². The Morgan fingerprint density at radius 1 is 1.19 bits per heavy atom. The van der Waals surface area contributed by atoms with Crippen LogP contribution in [-0.4, -0.2) is 32.8 Å². The first-order valence-corrected chi connectivity index (χ1v) is 10.2. The predicted octanol–water partition coefficient (Wildman–Crippen LogP) is 2.65. The van der Waals surface area contributed by atoms with Gasteiger partial charge in [-0.05, 0) is 55.0 Å². The fourth-order valence-electron chi connectivity index (χ4n) is 4.14. The van der Waals surface area contributed by atoms with E-state index < -0.39 is 0 Å². The van der Waals surface area contributed by atoms with E-state index in [1.165, 1.54) is 4.70 Å². The van der Waals surface area contributed by atoms with Crippen LogP contribution in [0.4, 0.5) is 5.82 Å². The molecule has 1 aliphatic heterocycles. The van der Waals surface area contributed by atoms with Gasteiger partial charge >= 0.3 is 0 Å². The zero-order chi connectivity index (χ0) is 17.5. The first-order valence-electron chi connectivity index (χ1n) is 9.31. The minimum atomic E-state index is 0.0594. The summed E-state index contributed by atoms with van der Waals surface area (Å²) in [5, 5.41) is 6.70. The van der Waals surface area contributed by atoms with Crippen molar-refractivity contribution < 1.29 is 0 Å². The molecule has 1 saturated heterocycles. The number of aryl methyl sites for hydroxylation is 2. The number of thiophene rings is 1. The van der Waals surface area contributed by atoms with Crippen molar-refractivity contribution in [3.63, 3.8) is 0 Å². The van der Waals surface area contributed by atoms with Gasteiger partial charge in [0, 0.05) is 25.7 Å². The summed E-state index contributed by atoms with van der Waals surface area (Å²) in [7, 11) is 0. The smallest absolute Gasteiger partial charge is 0.267 e. The number of piperidine rings is 1. The van der Waals surface area contributed by atoms with Crippen LogP contribution in [0.1, 0.15) is 30.5 Å². The third kappa shape index (κ3) is 2.80. The Labute approximate surface area is 155 Å². The second kappa shape index (κ2) is 6.46. The van der Waals surface area contributed by atoms with Crippen LogP contribution in [-0.2, 0) is 19.4 Å². The van der Waals surface area contributed by atoms with Gasteiger partial charge in [-0.1, -0.05) is 0 Å². The second-order valence-electron chi connectivity index (χ2n) is 7.25. The van der Waals surface area contributed by atoms with E-state index in [9.17, 15) is 4.79 Å². The minimum Gasteiger partial charge on any atom is -0.355 e. The Kier molecular flexibility index (Phi) is 3.96. The van der Waals surface area contributed by atoms with Crippen LogP contribution >= 0.6 is 11.3 Å². The lowest BCUT2D eigenvalue weighted by Gasteiger charge is -2.33. The summed E-state index contributed by atoms with van der Waals surface area (Å²) in [4.78, 5) is 23.5. The van der Waals surface area contributed by atoms with Crippen LogP contribution in [0, 0.1) is 5.92 Å². The molecule has 0 N–H and O–H groups in total. The molecule has 0 bridgehead atoms. The SMILES string of the molecule is O=c1cc2c(nn1CC1CCN(c3ncnc4ccsc34)CC1)CCC2. The molecular weight excluding hydrogens is 346 g/mol. The highest BCUT2D eigenvalue weighted by Gasteiger charge is 2.23. The average Bonchev–Trinajstić information content (AvgIpc) is 3.31. The van der Waals surface area contributed by atoms with E-state index in [2.05, 4.69) is 25.3 Å². The van der Waals surface area contributed by atoms with Gasteiger partial charge in [0.15, 0.2) is 0 Å². The normalized spacial score (nSPS) is 17.8. The summed E-state index contributed by atoms with van der Waals surface area (Å²) in [5.41, 5.74) is 3.37. The van der Waals surface area contributed by atoms with Crippen molar-refractivity contribution in [2.45, 2.75) is 38.6 Å². The maximum atomic E-state index is 12.3. The molecule has 1 fully saturated rings. The molecule has 0 aromatic carbocycles. The molecule has 2 aliphatic rings. The molecule has 0 spiro atoms. The molecule has 3 aromatic heterocycles. The van der Waals surface area contributed by atoms with E-state index in [4.69, 9.17) is 0 Å². The first-order chi connectivity index (χ1) is 12.8. The summed E-state index contributed by atoms with van der Waals surface area (Å²) in [6.45, 7) is 2.67. The lowest BCUT2D eigenvalue weighted by molar-refractivity contribution is 0.333. The molecule has 7 heteroatoms. The number of anilines is 1. The summed E-state index contributed by atoms with van der Waals surface area (Å²) >= 11 is 1.70. The topological polar surface area (TPSA) is 63.9 Å². The highest BCUT2D eigenvalue weighted by atomic mass is 32.1. The Morgan fingerprint density at radius 2 is 2.08 bits per heavy atom. The number of aromatic nitrogens is 4. The molecule has 6 nitrogen and oxygen atoms in total. The molecule has 3 aromatic rings. The molecule has 4 heterocycles. The van der Waals surface area contributed by atoms with Crippen LogP contribution in [0.2, 0.25) is 0 Å². The lowest BCUT2D eigenvalue weighted by Crippen LogP contribution is -2.37. The summed E-state index contributed by atoms with van der Waals surface area (Å²) in [6.07, 6.45) is 6.92. The monoisotopic (exact) mass is 367 g/mol. The lowest BCUT2D eigenvalue weighted by atomic mass is 9.97. The van der Waals surface area contributed by atoms with Crippen LogP contribution in [0.5, 0.6) is 0 Å². The molecule has 0 amide bonds. The average molecular weight is 367 g/mol. The fourth-order valence-corrected chi connectivity index (χ4v) is 5.00. The largest absolute Gasteiger partial charge is 0.355 e. The van der Waals surface area contributed by atoms with Crippen LogP contribution in [0.15, 0.2) is 28.6 Å². The number of nitrogens with zero attached hydrogens (tertiary/aromatic N) is 5. The van der Waals surface area contributed by atoms with Crippen molar-refractivity contribution in [2.24, 2.45) is 5.92 Å². The number of fused-ring (bicyclic) bond motifs is 2. The first kappa shape index (κ1) is 15.9. The van der Waals surface area contributed by atoms with E-state index in [1.807, 2.05) is 6.07 Å². The third-order valence-electron chi connectivity index (χ3n) is 5.59. The zero-order valence-electron chi connectivity index (χ0n) is 14.6.